The number of aliphatic hydroxyl groups is 2. The second kappa shape index (κ2) is 10.9. The number of hydrogen-bond donors (Lipinski definition) is 2. The van der Waals surface area contributed by atoms with Gasteiger partial charge in [-0.1, -0.05) is 41.5 Å². The lowest BCUT2D eigenvalue weighted by atomic mass is 9.73. The molecule has 194 valence electrons. The Kier molecular flexibility index (Phi) is 8.37. The average molecular weight is 493 g/mol. The van der Waals surface area contributed by atoms with Gasteiger partial charge in [-0.3, -0.25) is 19.6 Å². The monoisotopic (exact) mass is 492 g/mol. The second-order valence-electron chi connectivity index (χ2n) is 11.7. The number of Topliss-reactive ketones (excluding diaryl/α,β-unsaturated/α-hetero) is 2. The maximum absolute atomic E-state index is 12.8. The quantitative estimate of drug-likeness (QED) is 0.312. The van der Waals surface area contributed by atoms with Gasteiger partial charge in [-0.2, -0.15) is 0 Å². The van der Waals surface area contributed by atoms with Crippen LogP contribution in [0.1, 0.15) is 92.9 Å². The first-order valence-corrected chi connectivity index (χ1v) is 13.0. The fourth-order valence-electron chi connectivity index (χ4n) is 5.06. The Morgan fingerprint density at radius 1 is 0.694 bits per heavy atom. The molecule has 6 heteroatoms. The van der Waals surface area contributed by atoms with E-state index in [1.807, 2.05) is 65.8 Å². The molecule has 2 aliphatic rings. The molecule has 1 aromatic carbocycles. The highest BCUT2D eigenvalue weighted by atomic mass is 16.3. The summed E-state index contributed by atoms with van der Waals surface area (Å²) in [5.41, 5.74) is 2.88. The number of ketones is 2. The Hall–Kier alpha value is -3.02. The van der Waals surface area contributed by atoms with Crippen LogP contribution in [-0.2, 0) is 9.59 Å². The number of nitrogens with zero attached hydrogens (tertiary/aromatic N) is 2. The zero-order chi connectivity index (χ0) is 26.7. The average Bonchev–Trinajstić information content (AvgIpc) is 2.73. The first-order chi connectivity index (χ1) is 16.9. The highest BCUT2D eigenvalue weighted by molar-refractivity contribution is 6.26. The number of carbonyl (C=O) groups is 2. The first-order valence-electron chi connectivity index (χ1n) is 13.0. The summed E-state index contributed by atoms with van der Waals surface area (Å²) in [4.78, 5) is 35.2. The third-order valence-corrected chi connectivity index (χ3v) is 6.63. The van der Waals surface area contributed by atoms with E-state index in [2.05, 4.69) is 0 Å². The molecule has 0 radical (unpaired) electrons. The number of allylic oxidation sites excluding steroid dienone is 4. The van der Waals surface area contributed by atoms with Crippen LogP contribution in [0.5, 0.6) is 0 Å². The summed E-state index contributed by atoms with van der Waals surface area (Å²) >= 11 is 0. The molecule has 3 rings (SSSR count). The molecule has 2 N–H and O–H groups in total. The van der Waals surface area contributed by atoms with E-state index in [1.165, 1.54) is 0 Å². The first kappa shape index (κ1) is 27.6. The zero-order valence-electron chi connectivity index (χ0n) is 22.6. The summed E-state index contributed by atoms with van der Waals surface area (Å²) in [7, 11) is 0. The van der Waals surface area contributed by atoms with Crippen molar-refractivity contribution in [2.75, 3.05) is 0 Å². The van der Waals surface area contributed by atoms with Crippen molar-refractivity contribution in [3.63, 3.8) is 0 Å². The Bertz CT molecular complexity index is 1060. The van der Waals surface area contributed by atoms with E-state index in [-0.39, 0.29) is 33.9 Å². The normalized spacial score (nSPS) is 24.8. The van der Waals surface area contributed by atoms with Crippen LogP contribution in [0.2, 0.25) is 0 Å². The van der Waals surface area contributed by atoms with Crippen LogP contribution in [0.3, 0.4) is 0 Å². The van der Waals surface area contributed by atoms with E-state index in [0.717, 1.165) is 12.8 Å². The van der Waals surface area contributed by atoms with Crippen molar-refractivity contribution < 1.29 is 19.8 Å². The Balaban J connectivity index is 1.98. The maximum Gasteiger partial charge on any atom is 0.168 e. The molecule has 0 heterocycles. The Labute approximate surface area is 215 Å². The Morgan fingerprint density at radius 2 is 1.03 bits per heavy atom. The predicted molar refractivity (Wildman–Crippen MR) is 146 cm³/mol. The van der Waals surface area contributed by atoms with Crippen molar-refractivity contribution >= 4 is 34.4 Å². The smallest absolute Gasteiger partial charge is 0.168 e. The number of benzene rings is 1. The van der Waals surface area contributed by atoms with Gasteiger partial charge in [-0.05, 0) is 60.8 Å². The van der Waals surface area contributed by atoms with Crippen LogP contribution in [0.15, 0.2) is 56.9 Å². The standard InChI is InChI=1S/C30H40N2O4/c1-7-9-23(33)27-21(15-29(3,4)17-25(27)35)31-19-11-13-20(14-12-19)32-22-16-30(5,6)18-26(36)28(22)24(34)10-8-2/h11-14,33-34H,7-10,15-18H2,1-6H3/b27-23-,28-24+,31-21?,32-22?. The van der Waals surface area contributed by atoms with Crippen LogP contribution in [0.4, 0.5) is 11.4 Å². The van der Waals surface area contributed by atoms with Crippen LogP contribution < -0.4 is 0 Å². The highest BCUT2D eigenvalue weighted by Crippen LogP contribution is 2.38. The number of rotatable bonds is 6. The molecular formula is C30H40N2O4. The highest BCUT2D eigenvalue weighted by Gasteiger charge is 2.37. The lowest BCUT2D eigenvalue weighted by Gasteiger charge is -2.31. The predicted octanol–water partition coefficient (Wildman–Crippen LogP) is 7.83. The fraction of sp³-hybridized carbons (Fsp3) is 0.533. The third kappa shape index (κ3) is 6.59. The van der Waals surface area contributed by atoms with Gasteiger partial charge in [-0.15, -0.1) is 0 Å². The van der Waals surface area contributed by atoms with Crippen molar-refractivity contribution in [1.29, 1.82) is 0 Å². The number of carbonyl (C=O) groups excluding carboxylic acids is 2. The van der Waals surface area contributed by atoms with Crippen molar-refractivity contribution in [1.82, 2.24) is 0 Å². The summed E-state index contributed by atoms with van der Waals surface area (Å²) in [6, 6.07) is 7.33. The third-order valence-electron chi connectivity index (χ3n) is 6.63. The van der Waals surface area contributed by atoms with Crippen molar-refractivity contribution in [3.8, 4) is 0 Å². The fourth-order valence-corrected chi connectivity index (χ4v) is 5.06. The topological polar surface area (TPSA) is 99.3 Å². The molecule has 2 aliphatic carbocycles. The molecule has 0 saturated heterocycles. The van der Waals surface area contributed by atoms with Crippen LogP contribution in [-0.4, -0.2) is 33.2 Å². The van der Waals surface area contributed by atoms with Gasteiger partial charge in [0.1, 0.15) is 11.5 Å². The van der Waals surface area contributed by atoms with Gasteiger partial charge in [0, 0.05) is 25.7 Å². The molecular weight excluding hydrogens is 452 g/mol. The molecule has 0 atom stereocenters. The summed E-state index contributed by atoms with van der Waals surface area (Å²) in [6.45, 7) is 12.1. The molecule has 0 aromatic heterocycles. The van der Waals surface area contributed by atoms with Crippen molar-refractivity contribution in [2.24, 2.45) is 20.8 Å². The molecule has 6 nitrogen and oxygen atoms in total. The van der Waals surface area contributed by atoms with E-state index in [4.69, 9.17) is 9.98 Å². The van der Waals surface area contributed by atoms with Crippen molar-refractivity contribution in [3.05, 3.63) is 46.9 Å². The summed E-state index contributed by atoms with van der Waals surface area (Å²) in [5, 5.41) is 21.1. The van der Waals surface area contributed by atoms with Gasteiger partial charge in [0.15, 0.2) is 11.6 Å². The number of aliphatic imine (C=N–C) groups is 2. The number of aliphatic hydroxyl groups excluding tert-OH is 2. The van der Waals surface area contributed by atoms with E-state index in [1.54, 1.807) is 0 Å². The van der Waals surface area contributed by atoms with Crippen molar-refractivity contribution in [2.45, 2.75) is 92.9 Å². The molecule has 0 aliphatic heterocycles. The lowest BCUT2D eigenvalue weighted by Crippen LogP contribution is -2.32. The lowest BCUT2D eigenvalue weighted by molar-refractivity contribution is -0.118. The minimum Gasteiger partial charge on any atom is -0.511 e. The van der Waals surface area contributed by atoms with E-state index < -0.39 is 0 Å². The van der Waals surface area contributed by atoms with Crippen LogP contribution >= 0.6 is 0 Å². The molecule has 2 saturated carbocycles. The summed E-state index contributed by atoms with van der Waals surface area (Å²) in [5.74, 6) is 0.121. The SMILES string of the molecule is CCC/C(O)=C1/C(=O)CC(C)(C)CC1=Nc1ccc(N=C2CC(C)(C)CC(=O)/C2=C(/O)CCC)cc1. The maximum atomic E-state index is 12.8. The Morgan fingerprint density at radius 3 is 1.33 bits per heavy atom. The van der Waals surface area contributed by atoms with Gasteiger partial charge >= 0.3 is 0 Å². The number of hydrogen-bond acceptors (Lipinski definition) is 6. The van der Waals surface area contributed by atoms with E-state index >= 15 is 0 Å². The largest absolute Gasteiger partial charge is 0.511 e. The minimum atomic E-state index is -0.221. The molecule has 36 heavy (non-hydrogen) atoms. The molecule has 0 spiro atoms. The van der Waals surface area contributed by atoms with Gasteiger partial charge in [-0.25, -0.2) is 0 Å². The van der Waals surface area contributed by atoms with E-state index in [0.29, 0.717) is 72.5 Å². The summed E-state index contributed by atoms with van der Waals surface area (Å²) < 4.78 is 0. The molecule has 2 fully saturated rings. The second-order valence-corrected chi connectivity index (χ2v) is 11.7. The molecule has 0 bridgehead atoms. The minimum absolute atomic E-state index is 0.0604. The van der Waals surface area contributed by atoms with E-state index in [9.17, 15) is 19.8 Å². The zero-order valence-corrected chi connectivity index (χ0v) is 22.6. The summed E-state index contributed by atoms with van der Waals surface area (Å²) in [6.07, 6.45) is 4.39. The van der Waals surface area contributed by atoms with Gasteiger partial charge < -0.3 is 10.2 Å². The van der Waals surface area contributed by atoms with Crippen LogP contribution in [0.25, 0.3) is 0 Å². The van der Waals surface area contributed by atoms with Gasteiger partial charge in [0.2, 0.25) is 0 Å². The van der Waals surface area contributed by atoms with Crippen LogP contribution in [0, 0.1) is 10.8 Å². The molecule has 1 aromatic rings. The molecule has 0 amide bonds. The van der Waals surface area contributed by atoms with Gasteiger partial charge in [0.05, 0.1) is 33.9 Å². The molecule has 0 unspecified atom stereocenters. The van der Waals surface area contributed by atoms with Gasteiger partial charge in [0.25, 0.3) is 0 Å².